The molecule has 2 atom stereocenters. The molecule has 2 aromatic heterocycles. The number of carbonyl (C=O) groups is 2. The number of carbonyl (C=O) groups excluding carboxylic acids is 2. The molecule has 0 bridgehead atoms. The van der Waals surface area contributed by atoms with Crippen LogP contribution in [0.5, 0.6) is 0 Å². The van der Waals surface area contributed by atoms with Gasteiger partial charge in [0.2, 0.25) is 0 Å². The Balaban J connectivity index is 0.000000174. The third-order valence-electron chi connectivity index (χ3n) is 10.8. The molecule has 2 saturated heterocycles. The minimum Gasteiger partial charge on any atom is -0.352 e. The van der Waals surface area contributed by atoms with Gasteiger partial charge < -0.3 is 20.0 Å². The zero-order valence-electron chi connectivity index (χ0n) is 36.7. The van der Waals surface area contributed by atoms with E-state index in [2.05, 4.69) is 94.9 Å². The summed E-state index contributed by atoms with van der Waals surface area (Å²) < 4.78 is 0. The lowest BCUT2D eigenvalue weighted by molar-refractivity contribution is 0.0673. The number of halogens is 3. The highest BCUT2D eigenvalue weighted by atomic mass is 35.5. The molecule has 2 aliphatic rings. The fourth-order valence-corrected chi connectivity index (χ4v) is 8.33. The molecule has 6 aromatic rings. The SMILES string of the molecule is CCN(C(C)C)C(C)C.C[C@H]1CN(c2nnc(Cl)c3ccccc23)CCN1.C[C@H]1CN(c2nnc(Cl)c3ccccc23)CCN1C(=O)c1ccccc1.O=C(Cl)c1ccccc1. The van der Waals surface area contributed by atoms with E-state index in [9.17, 15) is 9.59 Å². The molecule has 328 valence electrons. The Labute approximate surface area is 381 Å². The van der Waals surface area contributed by atoms with Crippen LogP contribution in [0.1, 0.15) is 69.2 Å². The zero-order chi connectivity index (χ0) is 44.8. The minimum absolute atomic E-state index is 0.0739. The molecular weight excluding hydrogens is 841 g/mol. The van der Waals surface area contributed by atoms with Crippen molar-refractivity contribution in [1.82, 2.24) is 35.5 Å². The molecule has 2 fully saturated rings. The van der Waals surface area contributed by atoms with Crippen LogP contribution in [0.15, 0.2) is 109 Å². The van der Waals surface area contributed by atoms with Crippen LogP contribution >= 0.6 is 34.8 Å². The fourth-order valence-electron chi connectivity index (χ4n) is 7.80. The largest absolute Gasteiger partial charge is 0.352 e. The third-order valence-corrected chi connectivity index (χ3v) is 11.6. The fraction of sp³-hybridized carbons (Fsp3) is 0.375. The summed E-state index contributed by atoms with van der Waals surface area (Å²) in [6.45, 7) is 21.5. The Morgan fingerprint density at radius 3 is 1.50 bits per heavy atom. The van der Waals surface area contributed by atoms with Crippen molar-refractivity contribution in [3.8, 4) is 0 Å². The molecule has 4 aromatic carbocycles. The number of piperazine rings is 2. The van der Waals surface area contributed by atoms with Crippen LogP contribution in [0, 0.1) is 0 Å². The average Bonchev–Trinajstić information content (AvgIpc) is 3.28. The van der Waals surface area contributed by atoms with Crippen molar-refractivity contribution in [2.45, 2.75) is 72.6 Å². The molecule has 0 spiro atoms. The Morgan fingerprint density at radius 1 is 0.645 bits per heavy atom. The summed E-state index contributed by atoms with van der Waals surface area (Å²) in [5.41, 5.74) is 1.27. The molecule has 8 rings (SSSR count). The predicted molar refractivity (Wildman–Crippen MR) is 257 cm³/mol. The van der Waals surface area contributed by atoms with Crippen LogP contribution in [-0.2, 0) is 0 Å². The maximum atomic E-state index is 12.8. The first-order chi connectivity index (χ1) is 29.8. The van der Waals surface area contributed by atoms with Crippen molar-refractivity contribution in [3.05, 3.63) is 131 Å². The maximum Gasteiger partial charge on any atom is 0.254 e. The van der Waals surface area contributed by atoms with Gasteiger partial charge in [-0.25, -0.2) is 0 Å². The number of nitrogens with zero attached hydrogens (tertiary/aromatic N) is 8. The first-order valence-corrected chi connectivity index (χ1v) is 22.4. The van der Waals surface area contributed by atoms with Gasteiger partial charge in [0.25, 0.3) is 11.1 Å². The lowest BCUT2D eigenvalue weighted by atomic mass is 10.1. The van der Waals surface area contributed by atoms with Crippen molar-refractivity contribution < 1.29 is 9.59 Å². The van der Waals surface area contributed by atoms with Gasteiger partial charge in [0.15, 0.2) is 21.9 Å². The van der Waals surface area contributed by atoms with E-state index >= 15 is 0 Å². The lowest BCUT2D eigenvalue weighted by Crippen LogP contribution is -2.54. The summed E-state index contributed by atoms with van der Waals surface area (Å²) in [6, 6.07) is 36.0. The normalized spacial score (nSPS) is 16.3. The Hall–Kier alpha value is -4.91. The van der Waals surface area contributed by atoms with Gasteiger partial charge in [0.05, 0.1) is 0 Å². The quantitative estimate of drug-likeness (QED) is 0.156. The van der Waals surface area contributed by atoms with Gasteiger partial charge in [-0.15, -0.1) is 20.4 Å². The van der Waals surface area contributed by atoms with E-state index in [-0.39, 0.29) is 11.9 Å². The second kappa shape index (κ2) is 23.5. The minimum atomic E-state index is -0.407. The molecular formula is C48H58Cl3N9O2. The summed E-state index contributed by atoms with van der Waals surface area (Å²) >= 11 is 17.4. The van der Waals surface area contributed by atoms with Crippen LogP contribution in [0.2, 0.25) is 10.3 Å². The van der Waals surface area contributed by atoms with Gasteiger partial charge >= 0.3 is 0 Å². The Kier molecular flexibility index (Phi) is 18.3. The maximum absolute atomic E-state index is 12.8. The van der Waals surface area contributed by atoms with Crippen LogP contribution in [0.3, 0.4) is 0 Å². The summed E-state index contributed by atoms with van der Waals surface area (Å²) in [7, 11) is 0. The van der Waals surface area contributed by atoms with Crippen molar-refractivity contribution in [2.75, 3.05) is 55.6 Å². The van der Waals surface area contributed by atoms with E-state index in [1.54, 1.807) is 24.3 Å². The van der Waals surface area contributed by atoms with Gasteiger partial charge in [-0.2, -0.15) is 0 Å². The van der Waals surface area contributed by atoms with Crippen molar-refractivity contribution in [3.63, 3.8) is 0 Å². The van der Waals surface area contributed by atoms with E-state index in [4.69, 9.17) is 34.8 Å². The van der Waals surface area contributed by atoms with Crippen molar-refractivity contribution in [2.24, 2.45) is 0 Å². The number of nitrogens with one attached hydrogen (secondary N) is 1. The number of hydrogen-bond donors (Lipinski definition) is 1. The summed E-state index contributed by atoms with van der Waals surface area (Å²) in [4.78, 5) is 32.0. The van der Waals surface area contributed by atoms with E-state index in [1.807, 2.05) is 83.8 Å². The number of amides is 1. The Bertz CT molecular complexity index is 2350. The summed E-state index contributed by atoms with van der Waals surface area (Å²) in [5, 5.41) is 24.6. The Morgan fingerprint density at radius 2 is 1.10 bits per heavy atom. The molecule has 11 nitrogen and oxygen atoms in total. The highest BCUT2D eigenvalue weighted by Gasteiger charge is 2.30. The molecule has 0 radical (unpaired) electrons. The standard InChI is InChI=1S/C20H19ClN4O.C13H15ClN4.C8H19N.C7H5ClO/c1-14-13-24(11-12-25(14)20(26)15-7-3-2-4-8-15)19-17-10-6-5-9-16(17)18(21)22-23-19;1-9-8-18(7-6-15-9)13-11-5-3-2-4-10(11)12(14)16-17-13;1-6-9(7(2)3)8(4)5;8-7(9)6-4-2-1-3-5-6/h2-10,14H,11-13H2,1H3;2-5,9,15H,6-8H2,1H3;7-8H,6H2,1-5H3;1-5H/t14-;9-;;/m00../s1. The van der Waals surface area contributed by atoms with Gasteiger partial charge in [-0.1, -0.05) is 127 Å². The molecule has 14 heteroatoms. The highest BCUT2D eigenvalue weighted by Crippen LogP contribution is 2.30. The van der Waals surface area contributed by atoms with E-state index in [0.717, 1.165) is 64.9 Å². The molecule has 62 heavy (non-hydrogen) atoms. The topological polar surface area (TPSA) is 111 Å². The van der Waals surface area contributed by atoms with E-state index in [0.29, 0.717) is 53.6 Å². The number of anilines is 2. The van der Waals surface area contributed by atoms with Crippen molar-refractivity contribution >= 4 is 79.1 Å². The second-order valence-corrected chi connectivity index (χ2v) is 16.9. The van der Waals surface area contributed by atoms with E-state index in [1.165, 1.54) is 0 Å². The number of fused-ring (bicyclic) bond motifs is 2. The van der Waals surface area contributed by atoms with Gasteiger partial charge in [0.1, 0.15) is 0 Å². The molecule has 4 heterocycles. The molecule has 2 aliphatic heterocycles. The first kappa shape index (κ1) is 48.1. The predicted octanol–water partition coefficient (Wildman–Crippen LogP) is 9.91. The highest BCUT2D eigenvalue weighted by molar-refractivity contribution is 6.67. The number of rotatable bonds is 7. The molecule has 0 saturated carbocycles. The molecule has 0 aliphatic carbocycles. The van der Waals surface area contributed by atoms with Gasteiger partial charge in [0, 0.05) is 96.1 Å². The summed E-state index contributed by atoms with van der Waals surface area (Å²) in [5.74, 6) is 1.83. The monoisotopic (exact) mass is 897 g/mol. The first-order valence-electron chi connectivity index (χ1n) is 21.2. The summed E-state index contributed by atoms with van der Waals surface area (Å²) in [6.07, 6.45) is 0. The second-order valence-electron chi connectivity index (χ2n) is 15.8. The third kappa shape index (κ3) is 12.8. The van der Waals surface area contributed by atoms with Crippen LogP contribution in [0.25, 0.3) is 21.5 Å². The number of benzene rings is 4. The molecule has 0 unspecified atom stereocenters. The van der Waals surface area contributed by atoms with Crippen LogP contribution < -0.4 is 15.1 Å². The molecule has 1 N–H and O–H groups in total. The van der Waals surface area contributed by atoms with E-state index < -0.39 is 5.24 Å². The van der Waals surface area contributed by atoms with Crippen LogP contribution in [-0.4, -0.2) is 111 Å². The smallest absolute Gasteiger partial charge is 0.254 e. The number of aromatic nitrogens is 4. The van der Waals surface area contributed by atoms with Gasteiger partial charge in [-0.3, -0.25) is 14.5 Å². The molecule has 1 amide bonds. The van der Waals surface area contributed by atoms with Crippen LogP contribution in [0.4, 0.5) is 11.6 Å². The number of hydrogen-bond acceptors (Lipinski definition) is 10. The van der Waals surface area contributed by atoms with Crippen molar-refractivity contribution in [1.29, 1.82) is 0 Å². The average molecular weight is 899 g/mol. The lowest BCUT2D eigenvalue weighted by Gasteiger charge is -2.40. The zero-order valence-corrected chi connectivity index (χ0v) is 38.9. The van der Waals surface area contributed by atoms with Gasteiger partial charge in [-0.05, 0) is 71.8 Å².